The van der Waals surface area contributed by atoms with Gasteiger partial charge in [0.2, 0.25) is 0 Å². The molecule has 1 aromatic heterocycles. The minimum atomic E-state index is -4.62. The minimum absolute atomic E-state index is 0.0309. The molecule has 0 unspecified atom stereocenters. The van der Waals surface area contributed by atoms with E-state index in [9.17, 15) is 18.3 Å². The van der Waals surface area contributed by atoms with Crippen LogP contribution in [0.4, 0.5) is 18.9 Å². The number of phenols is 1. The molecule has 0 aliphatic heterocycles. The molecule has 0 saturated heterocycles. The number of aryl methyl sites for hydroxylation is 5. The van der Waals surface area contributed by atoms with Crippen molar-refractivity contribution in [2.75, 3.05) is 0 Å². The maximum atomic E-state index is 14.1. The second kappa shape index (κ2) is 20.0. The monoisotopic (exact) mass is 1060 g/mol. The van der Waals surface area contributed by atoms with Gasteiger partial charge in [0.05, 0.1) is 5.56 Å². The van der Waals surface area contributed by atoms with Gasteiger partial charge in [-0.15, -0.1) is 0 Å². The molecule has 11 heteroatoms. The number of fused-ring (bicyclic) bond motifs is 2. The maximum Gasteiger partial charge on any atom is 0.419 e. The van der Waals surface area contributed by atoms with E-state index in [4.69, 9.17) is 27.6 Å². The van der Waals surface area contributed by atoms with Crippen molar-refractivity contribution in [1.29, 1.82) is 0 Å². The van der Waals surface area contributed by atoms with Gasteiger partial charge in [-0.3, -0.25) is 0 Å². The van der Waals surface area contributed by atoms with Gasteiger partial charge in [0.1, 0.15) is 11.5 Å². The van der Waals surface area contributed by atoms with Crippen LogP contribution in [0.1, 0.15) is 111 Å². The van der Waals surface area contributed by atoms with Gasteiger partial charge in [-0.25, -0.2) is 0 Å². The van der Waals surface area contributed by atoms with Crippen LogP contribution in [-0.2, 0) is 55.2 Å². The Morgan fingerprint density at radius 3 is 1.77 bits per heavy atom. The zero-order chi connectivity index (χ0) is 44.9. The summed E-state index contributed by atoms with van der Waals surface area (Å²) >= 11 is 11.3. The Balaban J connectivity index is 0.000000218. The van der Waals surface area contributed by atoms with Gasteiger partial charge in [0.15, 0.2) is 0 Å². The van der Waals surface area contributed by atoms with E-state index in [0.29, 0.717) is 34.2 Å². The van der Waals surface area contributed by atoms with E-state index in [1.807, 2.05) is 57.2 Å². The first-order chi connectivity index (χ1) is 28.5. The topological polar surface area (TPSA) is 55.9 Å². The van der Waals surface area contributed by atoms with Crippen molar-refractivity contribution in [3.05, 3.63) is 133 Å². The van der Waals surface area contributed by atoms with Crippen LogP contribution >= 0.6 is 23.2 Å². The van der Waals surface area contributed by atoms with E-state index < -0.39 is 43.7 Å². The van der Waals surface area contributed by atoms with Crippen LogP contribution in [0.3, 0.4) is 0 Å². The molecule has 0 radical (unpaired) electrons. The van der Waals surface area contributed by atoms with E-state index >= 15 is 0 Å². The molecule has 328 valence electrons. The molecule has 4 aromatic carbocycles. The van der Waals surface area contributed by atoms with Gasteiger partial charge in [-0.1, -0.05) is 52.8 Å². The Kier molecular flexibility index (Phi) is 16.0. The fourth-order valence-electron chi connectivity index (χ4n) is 7.53. The normalized spacial score (nSPS) is 14.0. The number of hydrogen-bond donors (Lipinski definition) is 1. The second-order valence-electron chi connectivity index (χ2n) is 18.3. The predicted molar refractivity (Wildman–Crippen MR) is 248 cm³/mol. The molecular formula is C50H60Cl2F3N2O2SiW-. The molecule has 0 fully saturated rings. The Morgan fingerprint density at radius 1 is 0.738 bits per heavy atom. The summed E-state index contributed by atoms with van der Waals surface area (Å²) in [6.45, 7) is 21.2. The van der Waals surface area contributed by atoms with Gasteiger partial charge < -0.3 is 14.5 Å². The smallest absolute Gasteiger partial charge is 0.419 e. The van der Waals surface area contributed by atoms with Crippen LogP contribution in [0, 0.1) is 20.8 Å². The van der Waals surface area contributed by atoms with Gasteiger partial charge >= 0.3 is 144 Å². The SMILES string of the molecule is CC(C)([CH]=[W]=[N]c1c(Cl)cccc1Cl)c1ccccc1.Cc1cc2c(c(-c3c(O)c(C(F)(F)F)cc4c3CCCC4)c1O[Si](C)(C)C(C)(C)C)CCCC2.Cc1ccc(C)[n-]1. The third-order valence-corrected chi connectivity index (χ3v) is 20.5. The minimum Gasteiger partial charge on any atom is -0.665 e. The summed E-state index contributed by atoms with van der Waals surface area (Å²) in [6, 6.07) is 23.3. The predicted octanol–water partition coefficient (Wildman–Crippen LogP) is 15.5. The molecule has 61 heavy (non-hydrogen) atoms. The fourth-order valence-corrected chi connectivity index (χ4v) is 12.2. The van der Waals surface area contributed by atoms with E-state index in [1.54, 1.807) is 0 Å². The van der Waals surface area contributed by atoms with Crippen LogP contribution in [0.15, 0.2) is 76.3 Å². The molecule has 0 spiro atoms. The number of halogens is 5. The summed E-state index contributed by atoms with van der Waals surface area (Å²) in [6.07, 6.45) is 2.22. The van der Waals surface area contributed by atoms with Gasteiger partial charge in [0, 0.05) is 11.1 Å². The van der Waals surface area contributed by atoms with E-state index in [0.717, 1.165) is 83.4 Å². The molecule has 0 atom stereocenters. The Hall–Kier alpha value is -3.29. The van der Waals surface area contributed by atoms with Crippen molar-refractivity contribution in [2.45, 2.75) is 136 Å². The molecule has 7 rings (SSSR count). The van der Waals surface area contributed by atoms with Crippen LogP contribution in [0.25, 0.3) is 11.1 Å². The van der Waals surface area contributed by atoms with Crippen molar-refractivity contribution in [2.24, 2.45) is 3.50 Å². The molecule has 4 nitrogen and oxygen atoms in total. The van der Waals surface area contributed by atoms with Crippen molar-refractivity contribution in [3.8, 4) is 22.6 Å². The number of benzene rings is 4. The van der Waals surface area contributed by atoms with Crippen molar-refractivity contribution < 1.29 is 40.6 Å². The average molecular weight is 1060 g/mol. The molecule has 1 N–H and O–H groups in total. The van der Waals surface area contributed by atoms with Crippen LogP contribution in [0.2, 0.25) is 28.2 Å². The molecule has 0 saturated carbocycles. The fraction of sp³-hybridized carbons (Fsp3) is 0.420. The van der Waals surface area contributed by atoms with E-state index in [2.05, 4.69) is 90.9 Å². The molecule has 0 amide bonds. The Bertz CT molecular complexity index is 2360. The standard InChI is InChI=1S/C28H37F3O2Si.C10H12.C6H3Cl2N.C6H8N.W/c1-17-15-18-11-7-10-14-21(18)24(26(17)33-34(5,6)27(2,3)4)23-20-13-9-8-12-19(20)16-22(25(23)32)28(29,30)31;1-10(2,3)9-7-5-4-6-8-9;7-4-2-1-3-5(8)6(4)9;1-5-3-4-6(2)7-5;/h15-16,32H,7-14H2,1-6H3;1,4-8H,2-3H3;1-3H;3-4H,1-2H3;/q;;;-1;. The third-order valence-electron chi connectivity index (χ3n) is 12.0. The number of aromatic hydroxyl groups is 1. The van der Waals surface area contributed by atoms with Crippen LogP contribution < -0.4 is 9.41 Å². The number of phenolic OH excluding ortho intramolecular Hbond substituents is 1. The van der Waals surface area contributed by atoms with Gasteiger partial charge in [0.25, 0.3) is 8.32 Å². The van der Waals surface area contributed by atoms with E-state index in [1.165, 1.54) is 17.2 Å². The first-order valence-electron chi connectivity index (χ1n) is 21.1. The largest absolute Gasteiger partial charge is 0.665 e. The van der Waals surface area contributed by atoms with Crippen LogP contribution in [0.5, 0.6) is 11.5 Å². The third kappa shape index (κ3) is 12.0. The number of hydrogen-bond acceptors (Lipinski definition) is 3. The van der Waals surface area contributed by atoms with Gasteiger partial charge in [-0.05, 0) is 110 Å². The van der Waals surface area contributed by atoms with Crippen molar-refractivity contribution in [1.82, 2.24) is 4.98 Å². The van der Waals surface area contributed by atoms with Crippen molar-refractivity contribution >= 4 is 41.6 Å². The quantitative estimate of drug-likeness (QED) is 0.172. The first kappa shape index (κ1) is 48.7. The number of alkyl halides is 3. The summed E-state index contributed by atoms with van der Waals surface area (Å²) in [7, 11) is -2.29. The maximum absolute atomic E-state index is 14.1. The summed E-state index contributed by atoms with van der Waals surface area (Å²) in [5, 5.41) is 12.4. The molecule has 2 aliphatic rings. The first-order valence-corrected chi connectivity index (χ1v) is 27.8. The van der Waals surface area contributed by atoms with Gasteiger partial charge in [-0.2, -0.15) is 24.6 Å². The summed E-state index contributed by atoms with van der Waals surface area (Å²) in [5.41, 5.74) is 9.25. The van der Waals surface area contributed by atoms with E-state index in [-0.39, 0.29) is 10.5 Å². The number of aromatic nitrogens is 1. The molecule has 0 bridgehead atoms. The number of rotatable bonds is 6. The molecular weight excluding hydrogens is 1000 g/mol. The zero-order valence-electron chi connectivity index (χ0n) is 37.2. The van der Waals surface area contributed by atoms with Crippen molar-refractivity contribution in [3.63, 3.8) is 0 Å². The summed E-state index contributed by atoms with van der Waals surface area (Å²) in [4.78, 5) is 4.11. The Morgan fingerprint density at radius 2 is 1.26 bits per heavy atom. The number of nitrogens with zero attached hydrogens (tertiary/aromatic N) is 2. The summed E-state index contributed by atoms with van der Waals surface area (Å²) < 4.78 is 56.1. The molecule has 2 aliphatic carbocycles. The second-order valence-corrected chi connectivity index (χ2v) is 26.1. The Labute approximate surface area is 380 Å². The molecule has 1 heterocycles. The summed E-state index contributed by atoms with van der Waals surface area (Å²) in [5.74, 6) is 0.0428. The molecule has 5 aromatic rings. The zero-order valence-corrected chi connectivity index (χ0v) is 42.7. The van der Waals surface area contributed by atoms with Crippen LogP contribution in [-0.4, -0.2) is 17.8 Å². The average Bonchev–Trinajstić information content (AvgIpc) is 3.58.